The Bertz CT molecular complexity index is 766. The van der Waals surface area contributed by atoms with E-state index in [-0.39, 0.29) is 24.5 Å². The van der Waals surface area contributed by atoms with Gasteiger partial charge < -0.3 is 5.32 Å². The summed E-state index contributed by atoms with van der Waals surface area (Å²) < 4.78 is 0. The molecular formula is C20H22N4O2. The summed E-state index contributed by atoms with van der Waals surface area (Å²) in [4.78, 5) is 26.6. The van der Waals surface area contributed by atoms with Crippen LogP contribution in [0.25, 0.3) is 21.6 Å². The molecule has 0 saturated heterocycles. The number of azide groups is 1. The van der Waals surface area contributed by atoms with Gasteiger partial charge in [-0.1, -0.05) is 59.7 Å². The topological polar surface area (TPSA) is 94.9 Å². The lowest BCUT2D eigenvalue weighted by molar-refractivity contribution is -0.121. The lowest BCUT2D eigenvalue weighted by Crippen LogP contribution is -2.24. The Balaban J connectivity index is 1.74. The number of hydrogen-bond acceptors (Lipinski definition) is 3. The molecule has 0 aliphatic carbocycles. The third kappa shape index (κ3) is 6.42. The molecule has 0 bridgehead atoms. The molecule has 134 valence electrons. The Kier molecular flexibility index (Phi) is 7.90. The molecule has 2 aromatic carbocycles. The second-order valence-electron chi connectivity index (χ2n) is 5.88. The molecule has 0 atom stereocenters. The van der Waals surface area contributed by atoms with Gasteiger partial charge in [0.15, 0.2) is 5.78 Å². The number of ketones is 1. The third-order valence-electron chi connectivity index (χ3n) is 3.96. The van der Waals surface area contributed by atoms with Gasteiger partial charge in [-0.25, -0.2) is 0 Å². The van der Waals surface area contributed by atoms with E-state index < -0.39 is 0 Å². The zero-order valence-corrected chi connectivity index (χ0v) is 14.6. The summed E-state index contributed by atoms with van der Waals surface area (Å²) in [6, 6.07) is 17.4. The van der Waals surface area contributed by atoms with Gasteiger partial charge >= 0.3 is 0 Å². The monoisotopic (exact) mass is 350 g/mol. The van der Waals surface area contributed by atoms with Gasteiger partial charge in [0, 0.05) is 36.4 Å². The molecule has 6 nitrogen and oxygen atoms in total. The molecule has 1 amide bonds. The summed E-state index contributed by atoms with van der Waals surface area (Å²) in [5, 5.41) is 6.20. The summed E-state index contributed by atoms with van der Waals surface area (Å²) >= 11 is 0. The van der Waals surface area contributed by atoms with Crippen molar-refractivity contribution in [3.05, 3.63) is 70.6 Å². The lowest BCUT2D eigenvalue weighted by atomic mass is 10.0. The fourth-order valence-electron chi connectivity index (χ4n) is 2.52. The summed E-state index contributed by atoms with van der Waals surface area (Å²) in [6.45, 7) is 0.962. The lowest BCUT2D eigenvalue weighted by Gasteiger charge is -2.06. The molecule has 0 heterocycles. The van der Waals surface area contributed by atoms with Crippen molar-refractivity contribution in [1.29, 1.82) is 0 Å². The van der Waals surface area contributed by atoms with E-state index in [1.807, 2.05) is 42.5 Å². The quantitative estimate of drug-likeness (QED) is 0.224. The van der Waals surface area contributed by atoms with Crippen LogP contribution >= 0.6 is 0 Å². The number of carbonyl (C=O) groups is 2. The number of hydrogen-bond donors (Lipinski definition) is 1. The van der Waals surface area contributed by atoms with E-state index in [2.05, 4.69) is 15.3 Å². The van der Waals surface area contributed by atoms with Crippen LogP contribution in [-0.4, -0.2) is 24.8 Å². The number of benzene rings is 2. The van der Waals surface area contributed by atoms with E-state index in [9.17, 15) is 9.59 Å². The molecule has 0 aromatic heterocycles. The number of amides is 1. The van der Waals surface area contributed by atoms with Gasteiger partial charge in [-0.15, -0.1) is 0 Å². The fraction of sp³-hybridized carbons (Fsp3) is 0.300. The molecule has 26 heavy (non-hydrogen) atoms. The maximum Gasteiger partial charge on any atom is 0.220 e. The number of Topliss-reactive ketones (excluding diaryl/α,β-unsaturated/α-hetero) is 1. The average molecular weight is 350 g/mol. The van der Waals surface area contributed by atoms with Crippen LogP contribution in [-0.2, 0) is 4.79 Å². The standard InChI is InChI=1S/C20H22N4O2/c21-24-23-15-5-4-14-22-20(26)13-12-19(25)18-10-8-17(9-11-18)16-6-2-1-3-7-16/h1-3,6-11H,4-5,12-15H2,(H,22,26). The van der Waals surface area contributed by atoms with Crippen molar-refractivity contribution in [2.45, 2.75) is 25.7 Å². The van der Waals surface area contributed by atoms with Crippen LogP contribution in [0.4, 0.5) is 0 Å². The predicted octanol–water partition coefficient (Wildman–Crippen LogP) is 4.52. The van der Waals surface area contributed by atoms with Crippen LogP contribution in [0.2, 0.25) is 0 Å². The van der Waals surface area contributed by atoms with E-state index in [4.69, 9.17) is 5.53 Å². The number of unbranched alkanes of at least 4 members (excludes halogenated alkanes) is 1. The van der Waals surface area contributed by atoms with E-state index in [0.29, 0.717) is 18.7 Å². The van der Waals surface area contributed by atoms with Gasteiger partial charge in [-0.05, 0) is 29.5 Å². The van der Waals surface area contributed by atoms with Crippen LogP contribution in [0, 0.1) is 0 Å². The summed E-state index contributed by atoms with van der Waals surface area (Å²) in [7, 11) is 0. The van der Waals surface area contributed by atoms with Crippen molar-refractivity contribution in [3.63, 3.8) is 0 Å². The zero-order chi connectivity index (χ0) is 18.6. The highest BCUT2D eigenvalue weighted by Gasteiger charge is 2.09. The highest BCUT2D eigenvalue weighted by molar-refractivity contribution is 5.98. The first kappa shape index (κ1) is 19.2. The maximum absolute atomic E-state index is 12.2. The molecule has 0 unspecified atom stereocenters. The molecule has 2 rings (SSSR count). The van der Waals surface area contributed by atoms with E-state index in [1.165, 1.54) is 0 Å². The van der Waals surface area contributed by atoms with Crippen LogP contribution < -0.4 is 5.32 Å². The van der Waals surface area contributed by atoms with Crippen molar-refractivity contribution in [2.24, 2.45) is 5.11 Å². The molecule has 0 fully saturated rings. The highest BCUT2D eigenvalue weighted by atomic mass is 16.2. The molecule has 1 N–H and O–H groups in total. The maximum atomic E-state index is 12.2. The third-order valence-corrected chi connectivity index (χ3v) is 3.96. The number of nitrogens with one attached hydrogen (secondary N) is 1. The molecule has 0 spiro atoms. The number of rotatable bonds is 10. The first-order valence-corrected chi connectivity index (χ1v) is 8.67. The van der Waals surface area contributed by atoms with Crippen molar-refractivity contribution >= 4 is 11.7 Å². The van der Waals surface area contributed by atoms with Crippen LogP contribution in [0.15, 0.2) is 59.7 Å². The SMILES string of the molecule is [N-]=[N+]=NCCCCNC(=O)CCC(=O)c1ccc(-c2ccccc2)cc1. The van der Waals surface area contributed by atoms with Crippen molar-refractivity contribution in [1.82, 2.24) is 5.32 Å². The second kappa shape index (κ2) is 10.7. The van der Waals surface area contributed by atoms with Crippen molar-refractivity contribution < 1.29 is 9.59 Å². The predicted molar refractivity (Wildman–Crippen MR) is 102 cm³/mol. The minimum Gasteiger partial charge on any atom is -0.356 e. The first-order valence-electron chi connectivity index (χ1n) is 8.67. The normalized spacial score (nSPS) is 10.0. The Hall–Kier alpha value is -3.11. The van der Waals surface area contributed by atoms with Crippen LogP contribution in [0.5, 0.6) is 0 Å². The van der Waals surface area contributed by atoms with Crippen LogP contribution in [0.1, 0.15) is 36.0 Å². The average Bonchev–Trinajstić information content (AvgIpc) is 2.69. The summed E-state index contributed by atoms with van der Waals surface area (Å²) in [5.41, 5.74) is 10.9. The van der Waals surface area contributed by atoms with Crippen molar-refractivity contribution in [3.8, 4) is 11.1 Å². The first-order chi connectivity index (χ1) is 12.7. The van der Waals surface area contributed by atoms with Crippen LogP contribution in [0.3, 0.4) is 0 Å². The molecule has 0 saturated carbocycles. The zero-order valence-electron chi connectivity index (χ0n) is 14.6. The molecule has 0 aliphatic rings. The van der Waals surface area contributed by atoms with Gasteiger partial charge in [-0.2, -0.15) is 0 Å². The van der Waals surface area contributed by atoms with Crippen molar-refractivity contribution in [2.75, 3.05) is 13.1 Å². The molecule has 0 aliphatic heterocycles. The van der Waals surface area contributed by atoms with Gasteiger partial charge in [0.25, 0.3) is 0 Å². The molecule has 0 radical (unpaired) electrons. The van der Waals surface area contributed by atoms with Gasteiger partial charge in [0.2, 0.25) is 5.91 Å². The number of carbonyl (C=O) groups excluding carboxylic acids is 2. The Labute approximate surface area is 152 Å². The second-order valence-corrected chi connectivity index (χ2v) is 5.88. The Morgan fingerprint density at radius 3 is 2.31 bits per heavy atom. The smallest absolute Gasteiger partial charge is 0.220 e. The Morgan fingerprint density at radius 1 is 0.923 bits per heavy atom. The minimum absolute atomic E-state index is 0.0388. The fourth-order valence-corrected chi connectivity index (χ4v) is 2.52. The molecule has 2 aromatic rings. The molecule has 6 heteroatoms. The number of nitrogens with zero attached hydrogens (tertiary/aromatic N) is 3. The summed E-state index contributed by atoms with van der Waals surface area (Å²) in [5.74, 6) is -0.175. The largest absolute Gasteiger partial charge is 0.356 e. The van der Waals surface area contributed by atoms with Gasteiger partial charge in [0.05, 0.1) is 0 Å². The highest BCUT2D eigenvalue weighted by Crippen LogP contribution is 2.19. The van der Waals surface area contributed by atoms with E-state index in [1.54, 1.807) is 12.1 Å². The minimum atomic E-state index is -0.136. The van der Waals surface area contributed by atoms with E-state index >= 15 is 0 Å². The Morgan fingerprint density at radius 2 is 1.62 bits per heavy atom. The van der Waals surface area contributed by atoms with Gasteiger partial charge in [-0.3, -0.25) is 9.59 Å². The summed E-state index contributed by atoms with van der Waals surface area (Å²) in [6.07, 6.45) is 1.85. The van der Waals surface area contributed by atoms with E-state index in [0.717, 1.165) is 24.0 Å². The molecular weight excluding hydrogens is 328 g/mol. The van der Waals surface area contributed by atoms with Gasteiger partial charge in [0.1, 0.15) is 0 Å².